The van der Waals surface area contributed by atoms with Gasteiger partial charge in [-0.15, -0.1) is 0 Å². The zero-order chi connectivity index (χ0) is 15.8. The van der Waals surface area contributed by atoms with Crippen LogP contribution in [-0.4, -0.2) is 44.2 Å². The first-order valence-corrected chi connectivity index (χ1v) is 7.40. The Balaban J connectivity index is 3.31. The fourth-order valence-corrected chi connectivity index (χ4v) is 1.88. The maximum absolute atomic E-state index is 12.3. The standard InChI is InChI=1S/C16H25NO4/c1-6-17(5)16(18)12-10-13(19-7-2)15(21-9-4)14(11-12)20-8-3/h10-11H,6-9H2,1-5H3. The third kappa shape index (κ3) is 4.28. The van der Waals surface area contributed by atoms with E-state index in [2.05, 4.69) is 0 Å². The number of hydrogen-bond donors (Lipinski definition) is 0. The highest BCUT2D eigenvalue weighted by molar-refractivity contribution is 5.95. The molecule has 0 atom stereocenters. The fraction of sp³-hybridized carbons (Fsp3) is 0.562. The van der Waals surface area contributed by atoms with Crippen molar-refractivity contribution >= 4 is 5.91 Å². The number of carbonyl (C=O) groups is 1. The number of carbonyl (C=O) groups excluding carboxylic acids is 1. The van der Waals surface area contributed by atoms with Crippen molar-refractivity contribution in [3.63, 3.8) is 0 Å². The number of amides is 1. The SMILES string of the molecule is CCOc1cc(C(=O)N(C)CC)cc(OCC)c1OCC. The molecule has 5 nitrogen and oxygen atoms in total. The largest absolute Gasteiger partial charge is 0.490 e. The first kappa shape index (κ1) is 17.1. The Labute approximate surface area is 126 Å². The smallest absolute Gasteiger partial charge is 0.253 e. The molecule has 0 saturated carbocycles. The highest BCUT2D eigenvalue weighted by Gasteiger charge is 2.19. The molecule has 1 rings (SSSR count). The molecule has 0 unspecified atom stereocenters. The van der Waals surface area contributed by atoms with Crippen LogP contribution in [0.15, 0.2) is 12.1 Å². The average molecular weight is 295 g/mol. The molecule has 21 heavy (non-hydrogen) atoms. The average Bonchev–Trinajstić information content (AvgIpc) is 2.49. The van der Waals surface area contributed by atoms with E-state index in [1.807, 2.05) is 27.7 Å². The fourth-order valence-electron chi connectivity index (χ4n) is 1.88. The zero-order valence-electron chi connectivity index (χ0n) is 13.6. The van der Waals surface area contributed by atoms with Gasteiger partial charge in [-0.2, -0.15) is 0 Å². The van der Waals surface area contributed by atoms with Crippen molar-refractivity contribution in [2.45, 2.75) is 27.7 Å². The van der Waals surface area contributed by atoms with Gasteiger partial charge >= 0.3 is 0 Å². The van der Waals surface area contributed by atoms with Crippen molar-refractivity contribution < 1.29 is 19.0 Å². The third-order valence-corrected chi connectivity index (χ3v) is 2.98. The Hall–Kier alpha value is -1.91. The van der Waals surface area contributed by atoms with Crippen molar-refractivity contribution in [1.82, 2.24) is 4.90 Å². The lowest BCUT2D eigenvalue weighted by Crippen LogP contribution is -2.26. The van der Waals surface area contributed by atoms with Gasteiger partial charge in [-0.3, -0.25) is 4.79 Å². The molecule has 0 radical (unpaired) electrons. The first-order chi connectivity index (χ1) is 10.1. The van der Waals surface area contributed by atoms with Crippen LogP contribution in [0.25, 0.3) is 0 Å². The Morgan fingerprint density at radius 2 is 1.43 bits per heavy atom. The van der Waals surface area contributed by atoms with Crippen molar-refractivity contribution in [1.29, 1.82) is 0 Å². The van der Waals surface area contributed by atoms with Crippen LogP contribution < -0.4 is 14.2 Å². The number of benzene rings is 1. The van der Waals surface area contributed by atoms with Crippen molar-refractivity contribution in [3.05, 3.63) is 17.7 Å². The van der Waals surface area contributed by atoms with Crippen LogP contribution in [0.2, 0.25) is 0 Å². The summed E-state index contributed by atoms with van der Waals surface area (Å²) in [4.78, 5) is 14.0. The summed E-state index contributed by atoms with van der Waals surface area (Å²) in [5, 5.41) is 0. The van der Waals surface area contributed by atoms with Gasteiger partial charge in [-0.25, -0.2) is 0 Å². The molecule has 0 N–H and O–H groups in total. The van der Waals surface area contributed by atoms with Crippen molar-refractivity contribution in [2.24, 2.45) is 0 Å². The quantitative estimate of drug-likeness (QED) is 0.740. The minimum absolute atomic E-state index is 0.0672. The minimum atomic E-state index is -0.0672. The second-order valence-electron chi connectivity index (χ2n) is 4.42. The van der Waals surface area contributed by atoms with Crippen molar-refractivity contribution in [2.75, 3.05) is 33.4 Å². The van der Waals surface area contributed by atoms with Crippen LogP contribution in [0.3, 0.4) is 0 Å². The maximum Gasteiger partial charge on any atom is 0.253 e. The molecule has 118 valence electrons. The van der Waals surface area contributed by atoms with E-state index in [9.17, 15) is 4.79 Å². The van der Waals surface area contributed by atoms with Gasteiger partial charge in [0.15, 0.2) is 11.5 Å². The van der Waals surface area contributed by atoms with E-state index in [1.54, 1.807) is 24.1 Å². The summed E-state index contributed by atoms with van der Waals surface area (Å²) in [6, 6.07) is 3.43. The third-order valence-electron chi connectivity index (χ3n) is 2.98. The normalized spacial score (nSPS) is 10.1. The number of hydrogen-bond acceptors (Lipinski definition) is 4. The highest BCUT2D eigenvalue weighted by atomic mass is 16.5. The van der Waals surface area contributed by atoms with Gasteiger partial charge in [0.05, 0.1) is 19.8 Å². The summed E-state index contributed by atoms with van der Waals surface area (Å²) >= 11 is 0. The van der Waals surface area contributed by atoms with E-state index in [0.717, 1.165) is 0 Å². The molecule has 0 aliphatic heterocycles. The van der Waals surface area contributed by atoms with Gasteiger partial charge in [0.1, 0.15) is 0 Å². The number of nitrogens with zero attached hydrogens (tertiary/aromatic N) is 1. The Bertz CT molecular complexity index is 446. The second-order valence-corrected chi connectivity index (χ2v) is 4.42. The summed E-state index contributed by atoms with van der Waals surface area (Å²) in [6.07, 6.45) is 0. The molecule has 1 aromatic rings. The van der Waals surface area contributed by atoms with Gasteiger partial charge in [0, 0.05) is 19.2 Å². The van der Waals surface area contributed by atoms with Gasteiger partial charge in [0.25, 0.3) is 5.91 Å². The molecule has 0 fully saturated rings. The van der Waals surface area contributed by atoms with Crippen LogP contribution in [0, 0.1) is 0 Å². The molecule has 0 aliphatic rings. The maximum atomic E-state index is 12.3. The van der Waals surface area contributed by atoms with Crippen LogP contribution in [0.4, 0.5) is 0 Å². The monoisotopic (exact) mass is 295 g/mol. The van der Waals surface area contributed by atoms with E-state index in [4.69, 9.17) is 14.2 Å². The summed E-state index contributed by atoms with van der Waals surface area (Å²) < 4.78 is 16.8. The molecule has 0 spiro atoms. The second kappa shape index (κ2) is 8.39. The summed E-state index contributed by atoms with van der Waals surface area (Å²) in [6.45, 7) is 9.74. The van der Waals surface area contributed by atoms with E-state index in [0.29, 0.717) is 49.2 Å². The molecular formula is C16H25NO4. The molecule has 1 amide bonds. The topological polar surface area (TPSA) is 48.0 Å². The Morgan fingerprint density at radius 3 is 1.81 bits per heavy atom. The molecule has 0 aromatic heterocycles. The van der Waals surface area contributed by atoms with Crippen LogP contribution >= 0.6 is 0 Å². The van der Waals surface area contributed by atoms with Gasteiger partial charge in [0.2, 0.25) is 5.75 Å². The van der Waals surface area contributed by atoms with Gasteiger partial charge < -0.3 is 19.1 Å². The molecule has 5 heteroatoms. The zero-order valence-corrected chi connectivity index (χ0v) is 13.6. The van der Waals surface area contributed by atoms with Crippen molar-refractivity contribution in [3.8, 4) is 17.2 Å². The van der Waals surface area contributed by atoms with E-state index >= 15 is 0 Å². The minimum Gasteiger partial charge on any atom is -0.490 e. The number of rotatable bonds is 8. The summed E-state index contributed by atoms with van der Waals surface area (Å²) in [5.74, 6) is 1.57. The van der Waals surface area contributed by atoms with Crippen LogP contribution in [0.1, 0.15) is 38.1 Å². The molecule has 0 saturated heterocycles. The van der Waals surface area contributed by atoms with Gasteiger partial charge in [-0.1, -0.05) is 0 Å². The molecular weight excluding hydrogens is 270 g/mol. The predicted molar refractivity (Wildman–Crippen MR) is 82.6 cm³/mol. The Morgan fingerprint density at radius 1 is 0.952 bits per heavy atom. The molecule has 0 aliphatic carbocycles. The molecule has 0 bridgehead atoms. The first-order valence-electron chi connectivity index (χ1n) is 7.40. The molecule has 0 heterocycles. The lowest BCUT2D eigenvalue weighted by molar-refractivity contribution is 0.0801. The molecule has 1 aromatic carbocycles. The lowest BCUT2D eigenvalue weighted by Gasteiger charge is -2.19. The van der Waals surface area contributed by atoms with E-state index in [-0.39, 0.29) is 5.91 Å². The Kier molecular flexibility index (Phi) is 6.85. The van der Waals surface area contributed by atoms with E-state index in [1.165, 1.54) is 0 Å². The predicted octanol–water partition coefficient (Wildman–Crippen LogP) is 2.97. The van der Waals surface area contributed by atoms with Crippen LogP contribution in [0.5, 0.6) is 17.2 Å². The van der Waals surface area contributed by atoms with Gasteiger partial charge in [-0.05, 0) is 39.8 Å². The van der Waals surface area contributed by atoms with E-state index < -0.39 is 0 Å². The summed E-state index contributed by atoms with van der Waals surface area (Å²) in [7, 11) is 1.76. The number of ether oxygens (including phenoxy) is 3. The lowest BCUT2D eigenvalue weighted by atomic mass is 10.1. The van der Waals surface area contributed by atoms with Crippen LogP contribution in [-0.2, 0) is 0 Å². The highest BCUT2D eigenvalue weighted by Crippen LogP contribution is 2.39. The summed E-state index contributed by atoms with van der Waals surface area (Å²) in [5.41, 5.74) is 0.537.